The third-order valence-corrected chi connectivity index (χ3v) is 2.94. The molecule has 106 valence electrons. The van der Waals surface area contributed by atoms with Crippen LogP contribution < -0.4 is 15.8 Å². The summed E-state index contributed by atoms with van der Waals surface area (Å²) < 4.78 is 6.78. The fourth-order valence-corrected chi connectivity index (χ4v) is 1.84. The molecule has 0 aliphatic rings. The average Bonchev–Trinajstić information content (AvgIpc) is 2.34. The van der Waals surface area contributed by atoms with E-state index in [1.807, 2.05) is 51.1 Å². The van der Waals surface area contributed by atoms with Crippen molar-refractivity contribution in [2.45, 2.75) is 26.4 Å². The van der Waals surface area contributed by atoms with Crippen LogP contribution in [0.3, 0.4) is 0 Å². The number of nitrogens with two attached hydrogens (primary N) is 1. The fraction of sp³-hybridized carbons (Fsp3) is 0.267. The Kier molecular flexibility index (Phi) is 4.18. The monoisotopic (exact) mass is 335 g/mol. The van der Waals surface area contributed by atoms with E-state index in [4.69, 9.17) is 10.5 Å². The van der Waals surface area contributed by atoms with Gasteiger partial charge in [0.05, 0.1) is 5.69 Å². The number of halogens is 1. The average molecular weight is 336 g/mol. The van der Waals surface area contributed by atoms with E-state index in [9.17, 15) is 0 Å². The molecule has 0 fully saturated rings. The number of nitrogens with one attached hydrogen (secondary N) is 1. The first-order valence-corrected chi connectivity index (χ1v) is 7.11. The standard InChI is InChI=1S/C15H18BrN3O/c1-15(2,3)20-14-12(17)8-9-13(19-14)18-11-6-4-10(16)5-7-11/h4-9H,17H2,1-3H3,(H,18,19). The van der Waals surface area contributed by atoms with E-state index in [2.05, 4.69) is 26.2 Å². The van der Waals surface area contributed by atoms with Gasteiger partial charge in [-0.2, -0.15) is 4.98 Å². The third-order valence-electron chi connectivity index (χ3n) is 2.41. The van der Waals surface area contributed by atoms with E-state index in [0.717, 1.165) is 10.2 Å². The van der Waals surface area contributed by atoms with E-state index in [0.29, 0.717) is 17.4 Å². The normalized spacial score (nSPS) is 11.2. The molecule has 0 saturated carbocycles. The van der Waals surface area contributed by atoms with Crippen molar-refractivity contribution in [2.24, 2.45) is 0 Å². The van der Waals surface area contributed by atoms with Gasteiger partial charge < -0.3 is 15.8 Å². The first-order chi connectivity index (χ1) is 9.33. The molecule has 0 saturated heterocycles. The second-order valence-electron chi connectivity index (χ2n) is 5.44. The van der Waals surface area contributed by atoms with Crippen LogP contribution in [-0.4, -0.2) is 10.6 Å². The summed E-state index contributed by atoms with van der Waals surface area (Å²) in [5, 5.41) is 3.22. The van der Waals surface area contributed by atoms with Gasteiger partial charge in [-0.25, -0.2) is 0 Å². The minimum absolute atomic E-state index is 0.336. The van der Waals surface area contributed by atoms with Crippen molar-refractivity contribution in [3.05, 3.63) is 40.9 Å². The maximum atomic E-state index is 5.89. The topological polar surface area (TPSA) is 60.2 Å². The molecular weight excluding hydrogens is 318 g/mol. The molecule has 0 aliphatic carbocycles. The highest BCUT2D eigenvalue weighted by Crippen LogP contribution is 2.26. The lowest BCUT2D eigenvalue weighted by molar-refractivity contribution is 0.125. The lowest BCUT2D eigenvalue weighted by Gasteiger charge is -2.21. The van der Waals surface area contributed by atoms with Crippen molar-refractivity contribution in [1.82, 2.24) is 4.98 Å². The number of pyridine rings is 1. The van der Waals surface area contributed by atoms with Gasteiger partial charge in [-0.15, -0.1) is 0 Å². The van der Waals surface area contributed by atoms with Crippen molar-refractivity contribution in [1.29, 1.82) is 0 Å². The maximum absolute atomic E-state index is 5.89. The molecule has 0 spiro atoms. The summed E-state index contributed by atoms with van der Waals surface area (Å²) in [5.74, 6) is 1.14. The Bertz CT molecular complexity index is 591. The highest BCUT2D eigenvalue weighted by molar-refractivity contribution is 9.10. The highest BCUT2D eigenvalue weighted by atomic mass is 79.9. The molecule has 4 nitrogen and oxygen atoms in total. The van der Waals surface area contributed by atoms with E-state index in [1.54, 1.807) is 6.07 Å². The SMILES string of the molecule is CC(C)(C)Oc1nc(Nc2ccc(Br)cc2)ccc1N. The zero-order valence-electron chi connectivity index (χ0n) is 11.8. The molecular formula is C15H18BrN3O. The van der Waals surface area contributed by atoms with Gasteiger partial charge in [0.15, 0.2) is 0 Å². The zero-order chi connectivity index (χ0) is 14.8. The van der Waals surface area contributed by atoms with Crippen LogP contribution in [0.4, 0.5) is 17.2 Å². The Morgan fingerprint density at radius 2 is 1.75 bits per heavy atom. The summed E-state index contributed by atoms with van der Waals surface area (Å²) in [6.45, 7) is 5.88. The Balaban J connectivity index is 2.20. The number of hydrogen-bond donors (Lipinski definition) is 2. The Morgan fingerprint density at radius 1 is 1.10 bits per heavy atom. The summed E-state index contributed by atoms with van der Waals surface area (Å²) in [5.41, 5.74) is 7.03. The second-order valence-corrected chi connectivity index (χ2v) is 6.35. The molecule has 2 aromatic rings. The maximum Gasteiger partial charge on any atom is 0.239 e. The molecule has 1 aromatic heterocycles. The first-order valence-electron chi connectivity index (χ1n) is 6.32. The molecule has 3 N–H and O–H groups in total. The molecule has 20 heavy (non-hydrogen) atoms. The largest absolute Gasteiger partial charge is 0.470 e. The molecule has 0 unspecified atom stereocenters. The number of benzene rings is 1. The Hall–Kier alpha value is -1.75. The van der Waals surface area contributed by atoms with E-state index in [-0.39, 0.29) is 5.60 Å². The lowest BCUT2D eigenvalue weighted by Crippen LogP contribution is -2.24. The second kappa shape index (κ2) is 5.71. The first kappa shape index (κ1) is 14.7. The molecule has 0 bridgehead atoms. The van der Waals surface area contributed by atoms with Crippen LogP contribution in [0.2, 0.25) is 0 Å². The van der Waals surface area contributed by atoms with Crippen molar-refractivity contribution in [3.8, 4) is 5.88 Å². The van der Waals surface area contributed by atoms with Crippen molar-refractivity contribution < 1.29 is 4.74 Å². The molecule has 5 heteroatoms. The Morgan fingerprint density at radius 3 is 2.35 bits per heavy atom. The molecule has 0 amide bonds. The summed E-state index contributed by atoms with van der Waals surface area (Å²) >= 11 is 3.41. The molecule has 0 aliphatic heterocycles. The summed E-state index contributed by atoms with van der Waals surface area (Å²) in [7, 11) is 0. The van der Waals surface area contributed by atoms with Crippen LogP contribution in [0, 0.1) is 0 Å². The number of anilines is 3. The van der Waals surface area contributed by atoms with Crippen LogP contribution in [-0.2, 0) is 0 Å². The smallest absolute Gasteiger partial charge is 0.239 e. The van der Waals surface area contributed by atoms with Gasteiger partial charge in [0.1, 0.15) is 11.4 Å². The predicted molar refractivity (Wildman–Crippen MR) is 86.5 cm³/mol. The number of hydrogen-bond acceptors (Lipinski definition) is 4. The van der Waals surface area contributed by atoms with Crippen LogP contribution in [0.15, 0.2) is 40.9 Å². The molecule has 0 atom stereocenters. The van der Waals surface area contributed by atoms with E-state index in [1.165, 1.54) is 0 Å². The number of aromatic nitrogens is 1. The lowest BCUT2D eigenvalue weighted by atomic mass is 10.2. The van der Waals surface area contributed by atoms with Crippen LogP contribution >= 0.6 is 15.9 Å². The molecule has 2 rings (SSSR count). The van der Waals surface area contributed by atoms with Crippen LogP contribution in [0.1, 0.15) is 20.8 Å². The van der Waals surface area contributed by atoms with Gasteiger partial charge in [0, 0.05) is 10.2 Å². The highest BCUT2D eigenvalue weighted by Gasteiger charge is 2.15. The summed E-state index contributed by atoms with van der Waals surface area (Å²) in [4.78, 5) is 4.41. The molecule has 1 aromatic carbocycles. The van der Waals surface area contributed by atoms with Crippen molar-refractivity contribution in [2.75, 3.05) is 11.1 Å². The fourth-order valence-electron chi connectivity index (χ4n) is 1.57. The predicted octanol–water partition coefficient (Wildman–Crippen LogP) is 4.35. The number of nitrogens with zero attached hydrogens (tertiary/aromatic N) is 1. The summed E-state index contributed by atoms with van der Waals surface area (Å²) in [6.07, 6.45) is 0. The number of rotatable bonds is 3. The molecule has 0 radical (unpaired) electrons. The van der Waals surface area contributed by atoms with Gasteiger partial charge in [0.25, 0.3) is 0 Å². The van der Waals surface area contributed by atoms with Crippen LogP contribution in [0.5, 0.6) is 5.88 Å². The molecule has 1 heterocycles. The van der Waals surface area contributed by atoms with Crippen LogP contribution in [0.25, 0.3) is 0 Å². The minimum atomic E-state index is -0.336. The van der Waals surface area contributed by atoms with E-state index >= 15 is 0 Å². The number of ether oxygens (including phenoxy) is 1. The zero-order valence-corrected chi connectivity index (χ0v) is 13.4. The quantitative estimate of drug-likeness (QED) is 0.875. The van der Waals surface area contributed by atoms with E-state index < -0.39 is 0 Å². The Labute approximate surface area is 127 Å². The third kappa shape index (κ3) is 4.13. The minimum Gasteiger partial charge on any atom is -0.470 e. The van der Waals surface area contributed by atoms with Gasteiger partial charge in [-0.3, -0.25) is 0 Å². The van der Waals surface area contributed by atoms with Crippen molar-refractivity contribution >= 4 is 33.1 Å². The van der Waals surface area contributed by atoms with Gasteiger partial charge in [0.2, 0.25) is 5.88 Å². The number of nitrogen functional groups attached to an aromatic ring is 1. The van der Waals surface area contributed by atoms with Gasteiger partial charge >= 0.3 is 0 Å². The van der Waals surface area contributed by atoms with Gasteiger partial charge in [-0.05, 0) is 57.2 Å². The van der Waals surface area contributed by atoms with Gasteiger partial charge in [-0.1, -0.05) is 15.9 Å². The van der Waals surface area contributed by atoms with Crippen molar-refractivity contribution in [3.63, 3.8) is 0 Å². The summed E-state index contributed by atoms with van der Waals surface area (Å²) in [6, 6.07) is 11.5.